The number of likely N-dealkylation sites (tertiary alicyclic amines) is 1. The molecule has 0 aromatic heterocycles. The lowest BCUT2D eigenvalue weighted by atomic mass is 9.82. The van der Waals surface area contributed by atoms with E-state index >= 15 is 0 Å². The van der Waals surface area contributed by atoms with Crippen LogP contribution in [0.15, 0.2) is 0 Å². The topological polar surface area (TPSA) is 78.9 Å². The molecular formula is C14H24N2O4. The first kappa shape index (κ1) is 15.1. The number of methoxy groups -OCH3 is 1. The molecule has 20 heavy (non-hydrogen) atoms. The minimum atomic E-state index is -1.07. The summed E-state index contributed by atoms with van der Waals surface area (Å²) in [5.41, 5.74) is -1.07. The summed E-state index contributed by atoms with van der Waals surface area (Å²) < 4.78 is 5.30. The molecule has 1 unspecified atom stereocenters. The van der Waals surface area contributed by atoms with Crippen molar-refractivity contribution < 1.29 is 19.4 Å². The third kappa shape index (κ3) is 3.23. The molecule has 2 fully saturated rings. The predicted molar refractivity (Wildman–Crippen MR) is 73.6 cm³/mol. The molecule has 6 nitrogen and oxygen atoms in total. The van der Waals surface area contributed by atoms with Gasteiger partial charge in [0.05, 0.1) is 6.10 Å². The second kappa shape index (κ2) is 6.43. The average molecular weight is 284 g/mol. The van der Waals surface area contributed by atoms with Crippen LogP contribution in [0.1, 0.15) is 44.9 Å². The van der Waals surface area contributed by atoms with E-state index in [0.29, 0.717) is 25.9 Å². The number of hydrogen-bond donors (Lipinski definition) is 2. The molecule has 2 N–H and O–H groups in total. The number of piperidine rings is 1. The van der Waals surface area contributed by atoms with Crippen molar-refractivity contribution in [2.24, 2.45) is 0 Å². The van der Waals surface area contributed by atoms with Gasteiger partial charge in [-0.05, 0) is 25.7 Å². The molecule has 0 radical (unpaired) electrons. The largest absolute Gasteiger partial charge is 0.480 e. The Labute approximate surface area is 119 Å². The van der Waals surface area contributed by atoms with Crippen LogP contribution in [0.3, 0.4) is 0 Å². The second-order valence-corrected chi connectivity index (χ2v) is 5.82. The normalized spacial score (nSPS) is 26.1. The highest BCUT2D eigenvalue weighted by molar-refractivity contribution is 5.86. The summed E-state index contributed by atoms with van der Waals surface area (Å²) in [7, 11) is 1.64. The molecule has 1 heterocycles. The van der Waals surface area contributed by atoms with E-state index in [9.17, 15) is 14.7 Å². The number of hydrogen-bond acceptors (Lipinski definition) is 3. The Morgan fingerprint density at radius 1 is 1.25 bits per heavy atom. The van der Waals surface area contributed by atoms with Crippen molar-refractivity contribution in [2.75, 3.05) is 20.2 Å². The van der Waals surface area contributed by atoms with Crippen molar-refractivity contribution in [3.63, 3.8) is 0 Å². The number of carbonyl (C=O) groups is 2. The number of carboxylic acids is 1. The first-order chi connectivity index (χ1) is 9.57. The van der Waals surface area contributed by atoms with Crippen LogP contribution < -0.4 is 5.32 Å². The van der Waals surface area contributed by atoms with Gasteiger partial charge in [-0.3, -0.25) is 0 Å². The number of carboxylic acid groups (broad SMARTS) is 1. The molecule has 1 aliphatic heterocycles. The summed E-state index contributed by atoms with van der Waals surface area (Å²) in [6, 6.07) is -0.268. The third-order valence-electron chi connectivity index (χ3n) is 4.46. The quantitative estimate of drug-likeness (QED) is 0.825. The van der Waals surface area contributed by atoms with Gasteiger partial charge >= 0.3 is 12.0 Å². The van der Waals surface area contributed by atoms with Gasteiger partial charge in [0.15, 0.2) is 0 Å². The number of nitrogens with one attached hydrogen (secondary N) is 1. The lowest BCUT2D eigenvalue weighted by Gasteiger charge is -2.38. The summed E-state index contributed by atoms with van der Waals surface area (Å²) in [5, 5.41) is 12.3. The van der Waals surface area contributed by atoms with Gasteiger partial charge < -0.3 is 20.1 Å². The van der Waals surface area contributed by atoms with Gasteiger partial charge in [-0.1, -0.05) is 19.3 Å². The maximum Gasteiger partial charge on any atom is 0.329 e. The molecule has 2 amide bonds. The van der Waals surface area contributed by atoms with Gasteiger partial charge in [-0.2, -0.15) is 0 Å². The van der Waals surface area contributed by atoms with Gasteiger partial charge in [0.25, 0.3) is 0 Å². The smallest absolute Gasteiger partial charge is 0.329 e. The highest BCUT2D eigenvalue weighted by Gasteiger charge is 2.42. The standard InChI is InChI=1S/C14H24N2O4/c1-20-11-6-5-9-16(10-11)13(19)15-14(12(17)18)7-3-2-4-8-14/h11H,2-10H2,1H3,(H,15,19)(H,17,18). The lowest BCUT2D eigenvalue weighted by molar-refractivity contribution is -0.146. The Morgan fingerprint density at radius 2 is 1.95 bits per heavy atom. The Kier molecular flexibility index (Phi) is 4.86. The first-order valence-corrected chi connectivity index (χ1v) is 7.41. The summed E-state index contributed by atoms with van der Waals surface area (Å²) >= 11 is 0. The fourth-order valence-electron chi connectivity index (χ4n) is 3.15. The van der Waals surface area contributed by atoms with E-state index in [-0.39, 0.29) is 12.1 Å². The number of aliphatic carboxylic acids is 1. The number of urea groups is 1. The van der Waals surface area contributed by atoms with Crippen molar-refractivity contribution in [1.82, 2.24) is 10.2 Å². The average Bonchev–Trinajstić information content (AvgIpc) is 2.48. The molecular weight excluding hydrogens is 260 g/mol. The molecule has 0 spiro atoms. The number of ether oxygens (including phenoxy) is 1. The van der Waals surface area contributed by atoms with Crippen LogP contribution >= 0.6 is 0 Å². The Balaban J connectivity index is 1.99. The van der Waals surface area contributed by atoms with Crippen molar-refractivity contribution in [3.05, 3.63) is 0 Å². The lowest BCUT2D eigenvalue weighted by Crippen LogP contribution is -2.60. The number of nitrogens with zero attached hydrogens (tertiary/aromatic N) is 1. The second-order valence-electron chi connectivity index (χ2n) is 5.82. The molecule has 0 aromatic carbocycles. The zero-order chi connectivity index (χ0) is 14.6. The van der Waals surface area contributed by atoms with Gasteiger partial charge in [-0.15, -0.1) is 0 Å². The van der Waals surface area contributed by atoms with Crippen molar-refractivity contribution >= 4 is 12.0 Å². The maximum atomic E-state index is 12.3. The highest BCUT2D eigenvalue weighted by atomic mass is 16.5. The van der Waals surface area contributed by atoms with E-state index in [1.165, 1.54) is 0 Å². The van der Waals surface area contributed by atoms with Crippen LogP contribution in [0.2, 0.25) is 0 Å². The molecule has 0 aromatic rings. The van der Waals surface area contributed by atoms with E-state index in [1.54, 1.807) is 12.0 Å². The Morgan fingerprint density at radius 3 is 2.55 bits per heavy atom. The maximum absolute atomic E-state index is 12.3. The molecule has 1 aliphatic carbocycles. The third-order valence-corrected chi connectivity index (χ3v) is 4.46. The number of carbonyl (C=O) groups excluding carboxylic acids is 1. The Bertz CT molecular complexity index is 366. The zero-order valence-corrected chi connectivity index (χ0v) is 12.1. The molecule has 6 heteroatoms. The fraction of sp³-hybridized carbons (Fsp3) is 0.857. The first-order valence-electron chi connectivity index (χ1n) is 7.41. The van der Waals surface area contributed by atoms with Crippen molar-refractivity contribution in [3.8, 4) is 0 Å². The number of rotatable bonds is 3. The number of amides is 2. The van der Waals surface area contributed by atoms with Crippen LogP contribution in [-0.2, 0) is 9.53 Å². The zero-order valence-electron chi connectivity index (χ0n) is 12.1. The van der Waals surface area contributed by atoms with E-state index < -0.39 is 11.5 Å². The Hall–Kier alpha value is -1.30. The fourth-order valence-corrected chi connectivity index (χ4v) is 3.15. The monoisotopic (exact) mass is 284 g/mol. The van der Waals surface area contributed by atoms with Crippen LogP contribution in [-0.4, -0.2) is 53.8 Å². The van der Waals surface area contributed by atoms with Crippen LogP contribution in [0.25, 0.3) is 0 Å². The molecule has 1 atom stereocenters. The van der Waals surface area contributed by atoms with Crippen LogP contribution in [0, 0.1) is 0 Å². The van der Waals surface area contributed by atoms with Crippen LogP contribution in [0.5, 0.6) is 0 Å². The van der Waals surface area contributed by atoms with E-state index in [4.69, 9.17) is 4.74 Å². The van der Waals surface area contributed by atoms with Crippen molar-refractivity contribution in [2.45, 2.75) is 56.6 Å². The summed E-state index contributed by atoms with van der Waals surface area (Å²) in [6.07, 6.45) is 5.70. The summed E-state index contributed by atoms with van der Waals surface area (Å²) in [6.45, 7) is 1.21. The molecule has 114 valence electrons. The molecule has 2 rings (SSSR count). The van der Waals surface area contributed by atoms with E-state index in [2.05, 4.69) is 5.32 Å². The minimum Gasteiger partial charge on any atom is -0.480 e. The molecule has 1 saturated heterocycles. The molecule has 2 aliphatic rings. The highest BCUT2D eigenvalue weighted by Crippen LogP contribution is 2.29. The van der Waals surface area contributed by atoms with Gasteiger partial charge in [-0.25, -0.2) is 9.59 Å². The van der Waals surface area contributed by atoms with Gasteiger partial charge in [0.2, 0.25) is 0 Å². The van der Waals surface area contributed by atoms with E-state index in [0.717, 1.165) is 32.1 Å². The van der Waals surface area contributed by atoms with E-state index in [1.807, 2.05) is 0 Å². The summed E-state index contributed by atoms with van der Waals surface area (Å²) in [4.78, 5) is 25.6. The summed E-state index contributed by atoms with van der Waals surface area (Å²) in [5.74, 6) is -0.911. The minimum absolute atomic E-state index is 0.0571. The van der Waals surface area contributed by atoms with Gasteiger partial charge in [0, 0.05) is 20.2 Å². The van der Waals surface area contributed by atoms with Crippen LogP contribution in [0.4, 0.5) is 4.79 Å². The molecule has 0 bridgehead atoms. The van der Waals surface area contributed by atoms with Crippen molar-refractivity contribution in [1.29, 1.82) is 0 Å². The molecule has 1 saturated carbocycles. The predicted octanol–water partition coefficient (Wildman–Crippen LogP) is 1.59. The van der Waals surface area contributed by atoms with Gasteiger partial charge in [0.1, 0.15) is 5.54 Å². The SMILES string of the molecule is COC1CCCN(C(=O)NC2(C(=O)O)CCCCC2)C1.